The molecule has 2 aliphatic rings. The van der Waals surface area contributed by atoms with Crippen LogP contribution in [-0.4, -0.2) is 4.57 Å². The van der Waals surface area contributed by atoms with Gasteiger partial charge >= 0.3 is 0 Å². The number of fused-ring (bicyclic) bond motifs is 10. The second kappa shape index (κ2) is 18.2. The van der Waals surface area contributed by atoms with Crippen LogP contribution in [0, 0.1) is 0 Å². The third-order valence-corrected chi connectivity index (χ3v) is 17.5. The summed E-state index contributed by atoms with van der Waals surface area (Å²) in [5, 5.41) is 4.84. The predicted octanol–water partition coefficient (Wildman–Crippen LogP) is 19.8. The summed E-state index contributed by atoms with van der Waals surface area (Å²) in [6.45, 7) is 0. The number of aromatic nitrogens is 1. The molecule has 2 heteroatoms. The molecule has 0 radical (unpaired) electrons. The Hall–Kier alpha value is -10.3. The van der Waals surface area contributed by atoms with Gasteiger partial charge in [0.05, 0.1) is 27.6 Å². The molecule has 0 saturated carbocycles. The van der Waals surface area contributed by atoms with Crippen molar-refractivity contribution in [2.24, 2.45) is 0 Å². The fraction of sp³-hybridized carbons (Fsp3) is 0.0256. The first-order valence-corrected chi connectivity index (χ1v) is 27.8. The molecule has 0 aliphatic heterocycles. The maximum Gasteiger partial charge on any atom is 0.0714 e. The molecular weight excluding hydrogens is 965 g/mol. The van der Waals surface area contributed by atoms with E-state index in [1.807, 2.05) is 0 Å². The first-order valence-electron chi connectivity index (χ1n) is 27.8. The fourth-order valence-corrected chi connectivity index (χ4v) is 14.2. The molecule has 16 rings (SSSR count). The van der Waals surface area contributed by atoms with Crippen molar-refractivity contribution in [2.45, 2.75) is 10.8 Å². The zero-order valence-corrected chi connectivity index (χ0v) is 43.9. The van der Waals surface area contributed by atoms with Crippen LogP contribution in [-0.2, 0) is 10.8 Å². The number of para-hydroxylation sites is 1. The van der Waals surface area contributed by atoms with Gasteiger partial charge in [0.2, 0.25) is 0 Å². The number of benzene rings is 13. The Morgan fingerprint density at radius 1 is 0.263 bits per heavy atom. The lowest BCUT2D eigenvalue weighted by Gasteiger charge is -2.35. The summed E-state index contributed by atoms with van der Waals surface area (Å²) in [5.41, 5.74) is 23.3. The molecule has 1 aromatic heterocycles. The largest absolute Gasteiger partial charge is 0.310 e. The normalized spacial score (nSPS) is 13.4. The van der Waals surface area contributed by atoms with E-state index in [0.717, 1.165) is 33.9 Å². The quantitative estimate of drug-likeness (QED) is 0.140. The summed E-state index contributed by atoms with van der Waals surface area (Å²) in [6, 6.07) is 117. The maximum atomic E-state index is 2.49. The van der Waals surface area contributed by atoms with E-state index in [2.05, 4.69) is 325 Å². The monoisotopic (exact) mass is 1020 g/mol. The molecule has 0 unspecified atom stereocenters. The van der Waals surface area contributed by atoms with Crippen LogP contribution in [0.15, 0.2) is 315 Å². The van der Waals surface area contributed by atoms with Gasteiger partial charge in [0, 0.05) is 33.2 Å². The lowest BCUT2D eigenvalue weighted by Crippen LogP contribution is -2.28. The van der Waals surface area contributed by atoms with Crippen molar-refractivity contribution in [3.8, 4) is 39.1 Å². The first-order chi connectivity index (χ1) is 39.7. The van der Waals surface area contributed by atoms with Gasteiger partial charge in [0.1, 0.15) is 0 Å². The van der Waals surface area contributed by atoms with Crippen molar-refractivity contribution in [3.63, 3.8) is 0 Å². The van der Waals surface area contributed by atoms with Crippen LogP contribution in [0.1, 0.15) is 44.5 Å². The van der Waals surface area contributed by atoms with E-state index in [-0.39, 0.29) is 0 Å². The molecule has 0 saturated heterocycles. The van der Waals surface area contributed by atoms with Crippen molar-refractivity contribution in [3.05, 3.63) is 360 Å². The molecule has 0 amide bonds. The molecule has 374 valence electrons. The van der Waals surface area contributed by atoms with Gasteiger partial charge in [-0.15, -0.1) is 0 Å². The molecular formula is C78H52N2. The molecule has 0 bridgehead atoms. The van der Waals surface area contributed by atoms with Crippen molar-refractivity contribution in [2.75, 3.05) is 4.90 Å². The van der Waals surface area contributed by atoms with Crippen LogP contribution in [0.5, 0.6) is 0 Å². The molecule has 2 aliphatic carbocycles. The van der Waals surface area contributed by atoms with Gasteiger partial charge < -0.3 is 9.47 Å². The molecule has 0 atom stereocenters. The van der Waals surface area contributed by atoms with E-state index in [4.69, 9.17) is 0 Å². The van der Waals surface area contributed by atoms with Gasteiger partial charge in [-0.1, -0.05) is 261 Å². The number of hydrogen-bond donors (Lipinski definition) is 0. The third kappa shape index (κ3) is 6.66. The van der Waals surface area contributed by atoms with Crippen LogP contribution in [0.2, 0.25) is 0 Å². The van der Waals surface area contributed by atoms with E-state index in [1.54, 1.807) is 0 Å². The first kappa shape index (κ1) is 45.9. The average Bonchev–Trinajstić information content (AvgIpc) is 3.82. The molecule has 13 aromatic carbocycles. The van der Waals surface area contributed by atoms with Crippen LogP contribution in [0.3, 0.4) is 0 Å². The Bertz CT molecular complexity index is 4620. The summed E-state index contributed by atoms with van der Waals surface area (Å²) in [6.07, 6.45) is 0. The Labute approximate surface area is 466 Å². The van der Waals surface area contributed by atoms with E-state index in [0.29, 0.717) is 0 Å². The van der Waals surface area contributed by atoms with Crippen molar-refractivity contribution in [1.29, 1.82) is 0 Å². The van der Waals surface area contributed by atoms with Gasteiger partial charge in [0.25, 0.3) is 0 Å². The van der Waals surface area contributed by atoms with Crippen LogP contribution in [0.4, 0.5) is 17.1 Å². The molecule has 14 aromatic rings. The molecule has 0 spiro atoms. The third-order valence-electron chi connectivity index (χ3n) is 17.5. The highest BCUT2D eigenvalue weighted by molar-refractivity contribution is 6.10. The van der Waals surface area contributed by atoms with Gasteiger partial charge in [-0.25, -0.2) is 0 Å². The van der Waals surface area contributed by atoms with Crippen molar-refractivity contribution in [1.82, 2.24) is 4.57 Å². The minimum Gasteiger partial charge on any atom is -0.310 e. The predicted molar refractivity (Wildman–Crippen MR) is 333 cm³/mol. The minimum absolute atomic E-state index is 0.469. The molecule has 2 nitrogen and oxygen atoms in total. The molecule has 1 heterocycles. The lowest BCUT2D eigenvalue weighted by atomic mass is 9.67. The molecule has 0 N–H and O–H groups in total. The van der Waals surface area contributed by atoms with E-state index in [9.17, 15) is 0 Å². The molecule has 0 fully saturated rings. The van der Waals surface area contributed by atoms with Crippen LogP contribution in [0.25, 0.3) is 71.6 Å². The summed E-state index contributed by atoms with van der Waals surface area (Å²) in [4.78, 5) is 2.48. The molecule has 80 heavy (non-hydrogen) atoms. The van der Waals surface area contributed by atoms with Gasteiger partial charge in [-0.2, -0.15) is 0 Å². The van der Waals surface area contributed by atoms with Crippen molar-refractivity contribution < 1.29 is 0 Å². The van der Waals surface area contributed by atoms with E-state index in [1.165, 1.54) is 99.3 Å². The highest BCUT2D eigenvalue weighted by Gasteiger charge is 2.48. The average molecular weight is 1020 g/mol. The second-order valence-corrected chi connectivity index (χ2v) is 21.5. The minimum atomic E-state index is -0.542. The van der Waals surface area contributed by atoms with Crippen LogP contribution < -0.4 is 4.90 Å². The zero-order valence-electron chi connectivity index (χ0n) is 43.9. The van der Waals surface area contributed by atoms with E-state index >= 15 is 0 Å². The topological polar surface area (TPSA) is 8.17 Å². The van der Waals surface area contributed by atoms with Gasteiger partial charge in [-0.3, -0.25) is 0 Å². The van der Waals surface area contributed by atoms with Gasteiger partial charge in [0.15, 0.2) is 0 Å². The smallest absolute Gasteiger partial charge is 0.0714 e. The Kier molecular flexibility index (Phi) is 10.4. The lowest BCUT2D eigenvalue weighted by molar-refractivity contribution is 0.768. The van der Waals surface area contributed by atoms with E-state index < -0.39 is 10.8 Å². The number of hydrogen-bond acceptors (Lipinski definition) is 1. The van der Waals surface area contributed by atoms with Crippen LogP contribution >= 0.6 is 0 Å². The summed E-state index contributed by atoms with van der Waals surface area (Å²) >= 11 is 0. The highest BCUT2D eigenvalue weighted by Crippen LogP contribution is 2.59. The number of nitrogens with zero attached hydrogens (tertiary/aromatic N) is 2. The second-order valence-electron chi connectivity index (χ2n) is 21.5. The number of rotatable bonds is 9. The zero-order chi connectivity index (χ0) is 52.8. The summed E-state index contributed by atoms with van der Waals surface area (Å²) in [5.74, 6) is 0. The highest BCUT2D eigenvalue weighted by atomic mass is 15.1. The Morgan fingerprint density at radius 2 is 0.750 bits per heavy atom. The van der Waals surface area contributed by atoms with Gasteiger partial charge in [-0.05, 0) is 138 Å². The SMILES string of the molecule is c1ccc(C2(c3ccccc3)c3ccccc3-c3cc(-n4c5ccccc5c5ccc(-c6cccc(N(c7ccc8c(c7)C(c7ccccc7)(c7ccccc7)c7ccccc7-8)c7cccc8ccccc78)c6)cc54)ccc32)cc1. The summed E-state index contributed by atoms with van der Waals surface area (Å²) < 4.78 is 2.49. The maximum absolute atomic E-state index is 2.49. The Balaban J connectivity index is 0.880. The Morgan fingerprint density at radius 3 is 1.43 bits per heavy atom. The fourth-order valence-electron chi connectivity index (χ4n) is 14.2. The van der Waals surface area contributed by atoms with Crippen molar-refractivity contribution >= 4 is 49.6 Å². The number of anilines is 3. The standard InChI is InChI=1S/C78H52N2/c1-5-26-56(27-6-1)77(57-28-7-2-8-29-57)71-40-19-16-37-65(71)69-51-61(45-48-72(69)77)80-75-41-20-17-38-67(75)68-46-43-55(50-76(68)80)54-25-21-34-60(49-54)79(74-42-22-24-53-23-13-14-35-63(53)74)62-44-47-66-64-36-15-18-39-70(64)78(73(66)52-62,58-30-9-3-10-31-58)59-32-11-4-12-33-59/h1-52H. The summed E-state index contributed by atoms with van der Waals surface area (Å²) in [7, 11) is 0.